The maximum atomic E-state index is 13.1. The molecule has 2 rings (SSSR count). The molecule has 0 aliphatic carbocycles. The van der Waals surface area contributed by atoms with E-state index in [1.54, 1.807) is 24.3 Å². The number of carbonyl (C=O) groups is 1. The lowest BCUT2D eigenvalue weighted by Gasteiger charge is -2.22. The Kier molecular flexibility index (Phi) is 6.13. The molecular formula is C18H25FN2O. The Hall–Kier alpha value is -1.68. The molecule has 1 aliphatic rings. The number of rotatable bonds is 6. The summed E-state index contributed by atoms with van der Waals surface area (Å²) in [4.78, 5) is 16.5. The molecule has 1 unspecified atom stereocenters. The normalized spacial score (nSPS) is 18.5. The first kappa shape index (κ1) is 16.7. The zero-order valence-electron chi connectivity index (χ0n) is 13.5. The summed E-state index contributed by atoms with van der Waals surface area (Å²) in [6.45, 7) is 9.15. The molecule has 0 saturated carbocycles. The quantitative estimate of drug-likeness (QED) is 0.754. The van der Waals surface area contributed by atoms with Crippen LogP contribution in [0.4, 0.5) is 4.39 Å². The Labute approximate surface area is 132 Å². The second-order valence-electron chi connectivity index (χ2n) is 5.81. The molecule has 0 aromatic heterocycles. The van der Waals surface area contributed by atoms with Crippen LogP contribution in [0.15, 0.2) is 30.3 Å². The molecule has 1 aliphatic heterocycles. The van der Waals surface area contributed by atoms with Crippen LogP contribution in [0, 0.1) is 11.7 Å². The van der Waals surface area contributed by atoms with Crippen molar-refractivity contribution in [3.05, 3.63) is 41.7 Å². The van der Waals surface area contributed by atoms with Gasteiger partial charge in [-0.1, -0.05) is 26.0 Å². The van der Waals surface area contributed by atoms with Crippen LogP contribution in [0.2, 0.25) is 0 Å². The topological polar surface area (TPSA) is 23.6 Å². The fourth-order valence-electron chi connectivity index (χ4n) is 2.91. The molecule has 1 amide bonds. The van der Waals surface area contributed by atoms with E-state index in [0.29, 0.717) is 11.5 Å². The standard InChI is InChI=1S/C18H25FN2O/c1-3-20(4-2)13-16-10-11-21(14-16)18(22)9-8-15-6-5-7-17(19)12-15/h5-9,12,16H,3-4,10-11,13-14H2,1-2H3/b9-8+. The Morgan fingerprint density at radius 2 is 2.18 bits per heavy atom. The summed E-state index contributed by atoms with van der Waals surface area (Å²) in [5.41, 5.74) is 0.715. The van der Waals surface area contributed by atoms with E-state index in [2.05, 4.69) is 18.7 Å². The highest BCUT2D eigenvalue weighted by molar-refractivity contribution is 5.91. The van der Waals surface area contributed by atoms with Gasteiger partial charge < -0.3 is 9.80 Å². The molecule has 1 aromatic carbocycles. The molecule has 1 heterocycles. The van der Waals surface area contributed by atoms with E-state index in [1.807, 2.05) is 4.90 Å². The molecule has 120 valence electrons. The van der Waals surface area contributed by atoms with Crippen LogP contribution in [0.1, 0.15) is 25.8 Å². The maximum absolute atomic E-state index is 13.1. The minimum atomic E-state index is -0.282. The van der Waals surface area contributed by atoms with Gasteiger partial charge in [0.1, 0.15) is 5.82 Å². The highest BCUT2D eigenvalue weighted by Gasteiger charge is 2.25. The third-order valence-electron chi connectivity index (χ3n) is 4.28. The zero-order chi connectivity index (χ0) is 15.9. The minimum Gasteiger partial charge on any atom is -0.339 e. The van der Waals surface area contributed by atoms with Gasteiger partial charge in [-0.25, -0.2) is 4.39 Å². The lowest BCUT2D eigenvalue weighted by molar-refractivity contribution is -0.125. The van der Waals surface area contributed by atoms with Crippen LogP contribution < -0.4 is 0 Å². The number of halogens is 1. The molecule has 0 spiro atoms. The van der Waals surface area contributed by atoms with Crippen molar-refractivity contribution in [3.63, 3.8) is 0 Å². The number of amides is 1. The van der Waals surface area contributed by atoms with Crippen LogP contribution in [0.3, 0.4) is 0 Å². The number of hydrogen-bond acceptors (Lipinski definition) is 2. The highest BCUT2D eigenvalue weighted by Crippen LogP contribution is 2.18. The van der Waals surface area contributed by atoms with E-state index >= 15 is 0 Å². The average molecular weight is 304 g/mol. The van der Waals surface area contributed by atoms with Crippen molar-refractivity contribution in [1.82, 2.24) is 9.80 Å². The van der Waals surface area contributed by atoms with Gasteiger partial charge in [0, 0.05) is 25.7 Å². The Balaban J connectivity index is 1.86. The first-order valence-electron chi connectivity index (χ1n) is 8.07. The molecule has 0 N–H and O–H groups in total. The van der Waals surface area contributed by atoms with Crippen molar-refractivity contribution < 1.29 is 9.18 Å². The number of likely N-dealkylation sites (tertiary alicyclic amines) is 1. The van der Waals surface area contributed by atoms with Gasteiger partial charge in [-0.15, -0.1) is 0 Å². The second-order valence-corrected chi connectivity index (χ2v) is 5.81. The van der Waals surface area contributed by atoms with E-state index in [1.165, 1.54) is 12.1 Å². The molecule has 1 fully saturated rings. The fourth-order valence-corrected chi connectivity index (χ4v) is 2.91. The summed E-state index contributed by atoms with van der Waals surface area (Å²) in [5.74, 6) is 0.299. The first-order valence-corrected chi connectivity index (χ1v) is 8.07. The maximum Gasteiger partial charge on any atom is 0.246 e. The summed E-state index contributed by atoms with van der Waals surface area (Å²) in [5, 5.41) is 0. The van der Waals surface area contributed by atoms with Gasteiger partial charge in [0.25, 0.3) is 0 Å². The molecule has 1 saturated heterocycles. The van der Waals surface area contributed by atoms with Crippen molar-refractivity contribution in [2.45, 2.75) is 20.3 Å². The monoisotopic (exact) mass is 304 g/mol. The van der Waals surface area contributed by atoms with Crippen molar-refractivity contribution in [3.8, 4) is 0 Å². The Bertz CT molecular complexity index is 526. The summed E-state index contributed by atoms with van der Waals surface area (Å²) < 4.78 is 13.1. The molecular weight excluding hydrogens is 279 g/mol. The SMILES string of the molecule is CCN(CC)CC1CCN(C(=O)/C=C/c2cccc(F)c2)C1. The summed E-state index contributed by atoms with van der Waals surface area (Å²) in [6, 6.07) is 6.27. The molecule has 1 aromatic rings. The number of carbonyl (C=O) groups excluding carboxylic acids is 1. The highest BCUT2D eigenvalue weighted by atomic mass is 19.1. The van der Waals surface area contributed by atoms with Crippen LogP contribution in [0.5, 0.6) is 0 Å². The zero-order valence-corrected chi connectivity index (χ0v) is 13.5. The smallest absolute Gasteiger partial charge is 0.246 e. The predicted molar refractivity (Wildman–Crippen MR) is 87.9 cm³/mol. The van der Waals surface area contributed by atoms with Gasteiger partial charge in [-0.05, 0) is 49.2 Å². The fraction of sp³-hybridized carbons (Fsp3) is 0.500. The lowest BCUT2D eigenvalue weighted by atomic mass is 10.1. The Morgan fingerprint density at radius 1 is 1.41 bits per heavy atom. The molecule has 1 atom stereocenters. The predicted octanol–water partition coefficient (Wildman–Crippen LogP) is 3.03. The minimum absolute atomic E-state index is 0.0197. The molecule has 3 nitrogen and oxygen atoms in total. The molecule has 4 heteroatoms. The largest absolute Gasteiger partial charge is 0.339 e. The third kappa shape index (κ3) is 4.67. The van der Waals surface area contributed by atoms with Crippen LogP contribution in [-0.4, -0.2) is 48.4 Å². The number of benzene rings is 1. The third-order valence-corrected chi connectivity index (χ3v) is 4.28. The van der Waals surface area contributed by atoms with Crippen molar-refractivity contribution >= 4 is 12.0 Å². The Morgan fingerprint density at radius 3 is 2.86 bits per heavy atom. The summed E-state index contributed by atoms with van der Waals surface area (Å²) >= 11 is 0. The van der Waals surface area contributed by atoms with Crippen molar-refractivity contribution in [2.75, 3.05) is 32.7 Å². The molecule has 0 bridgehead atoms. The van der Waals surface area contributed by atoms with E-state index < -0.39 is 0 Å². The second kappa shape index (κ2) is 8.08. The van der Waals surface area contributed by atoms with Gasteiger partial charge in [0.05, 0.1) is 0 Å². The average Bonchev–Trinajstić information content (AvgIpc) is 2.99. The van der Waals surface area contributed by atoms with E-state index in [-0.39, 0.29) is 11.7 Å². The number of nitrogens with zero attached hydrogens (tertiary/aromatic N) is 2. The molecule has 22 heavy (non-hydrogen) atoms. The van der Waals surface area contributed by atoms with Gasteiger partial charge in [-0.2, -0.15) is 0 Å². The van der Waals surface area contributed by atoms with Crippen molar-refractivity contribution in [1.29, 1.82) is 0 Å². The van der Waals surface area contributed by atoms with E-state index in [4.69, 9.17) is 0 Å². The lowest BCUT2D eigenvalue weighted by Crippen LogP contribution is -2.32. The van der Waals surface area contributed by atoms with Crippen LogP contribution >= 0.6 is 0 Å². The van der Waals surface area contributed by atoms with Gasteiger partial charge in [0.2, 0.25) is 5.91 Å². The van der Waals surface area contributed by atoms with Crippen LogP contribution in [-0.2, 0) is 4.79 Å². The molecule has 0 radical (unpaired) electrons. The first-order chi connectivity index (χ1) is 10.6. The van der Waals surface area contributed by atoms with Gasteiger partial charge >= 0.3 is 0 Å². The van der Waals surface area contributed by atoms with Gasteiger partial charge in [0.15, 0.2) is 0 Å². The van der Waals surface area contributed by atoms with Gasteiger partial charge in [-0.3, -0.25) is 4.79 Å². The summed E-state index contributed by atoms with van der Waals surface area (Å²) in [7, 11) is 0. The summed E-state index contributed by atoms with van der Waals surface area (Å²) in [6.07, 6.45) is 4.30. The van der Waals surface area contributed by atoms with E-state index in [0.717, 1.165) is 39.1 Å². The van der Waals surface area contributed by atoms with Crippen molar-refractivity contribution in [2.24, 2.45) is 5.92 Å². The number of hydrogen-bond donors (Lipinski definition) is 0. The van der Waals surface area contributed by atoms with Crippen LogP contribution in [0.25, 0.3) is 6.08 Å². The van der Waals surface area contributed by atoms with E-state index in [9.17, 15) is 9.18 Å².